The highest BCUT2D eigenvalue weighted by molar-refractivity contribution is 5.94. The molecule has 8 heteroatoms. The third-order valence-corrected chi connectivity index (χ3v) is 5.34. The first-order valence-electron chi connectivity index (χ1n) is 9.32. The van der Waals surface area contributed by atoms with Crippen molar-refractivity contribution < 1.29 is 23.9 Å². The maximum absolute atomic E-state index is 12.7. The molecule has 0 radical (unpaired) electrons. The number of nitrogens with one attached hydrogen (secondary N) is 1. The fourth-order valence-corrected chi connectivity index (χ4v) is 3.65. The predicted octanol–water partition coefficient (Wildman–Crippen LogP) is 3.09. The van der Waals surface area contributed by atoms with Gasteiger partial charge in [-0.3, -0.25) is 14.9 Å². The highest BCUT2D eigenvalue weighted by Crippen LogP contribution is 2.41. The van der Waals surface area contributed by atoms with E-state index in [1.54, 1.807) is 37.4 Å². The van der Waals surface area contributed by atoms with Crippen molar-refractivity contribution in [2.24, 2.45) is 0 Å². The van der Waals surface area contributed by atoms with Crippen molar-refractivity contribution >= 4 is 11.6 Å². The Morgan fingerprint density at radius 1 is 1.17 bits per heavy atom. The number of hydrogen-bond acceptors (Lipinski definition) is 6. The normalized spacial score (nSPS) is 15.4. The molecule has 1 aliphatic rings. The fraction of sp³-hybridized carbons (Fsp3) is 0.381. The van der Waals surface area contributed by atoms with Gasteiger partial charge in [0.1, 0.15) is 11.5 Å². The summed E-state index contributed by atoms with van der Waals surface area (Å²) in [5.74, 6) is 0.836. The van der Waals surface area contributed by atoms with Crippen LogP contribution >= 0.6 is 0 Å². The summed E-state index contributed by atoms with van der Waals surface area (Å²) in [6, 6.07) is 11.6. The summed E-state index contributed by atoms with van der Waals surface area (Å²) in [4.78, 5) is 23.4. The standard InChI is InChI=1S/C21H24N2O6/c1-27-17-5-3-4-15(12-17)20(24)22-14-21(8-10-29-11-9-21)18-7-6-16(23(25)26)13-19(18)28-2/h3-7,12-13H,8-11,14H2,1-2H3,(H,22,24). The van der Waals surface area contributed by atoms with Gasteiger partial charge in [0.05, 0.1) is 25.2 Å². The SMILES string of the molecule is COc1cccc(C(=O)NCC2(c3ccc([N+](=O)[O-])cc3OC)CCOCC2)c1. The minimum Gasteiger partial charge on any atom is -0.497 e. The second-order valence-corrected chi connectivity index (χ2v) is 6.95. The van der Waals surface area contributed by atoms with Gasteiger partial charge in [0.15, 0.2) is 0 Å². The van der Waals surface area contributed by atoms with Gasteiger partial charge in [-0.2, -0.15) is 0 Å². The van der Waals surface area contributed by atoms with Crippen LogP contribution in [0, 0.1) is 10.1 Å². The summed E-state index contributed by atoms with van der Waals surface area (Å²) in [5.41, 5.74) is 0.864. The smallest absolute Gasteiger partial charge is 0.273 e. The van der Waals surface area contributed by atoms with Gasteiger partial charge in [0.2, 0.25) is 0 Å². The second-order valence-electron chi connectivity index (χ2n) is 6.95. The molecular formula is C21H24N2O6. The van der Waals surface area contributed by atoms with E-state index in [4.69, 9.17) is 14.2 Å². The minimum absolute atomic E-state index is 0.0341. The van der Waals surface area contributed by atoms with Gasteiger partial charge in [0.25, 0.3) is 11.6 Å². The van der Waals surface area contributed by atoms with Crippen molar-refractivity contribution in [2.45, 2.75) is 18.3 Å². The molecule has 1 aliphatic heterocycles. The molecule has 29 heavy (non-hydrogen) atoms. The largest absolute Gasteiger partial charge is 0.497 e. The van der Waals surface area contributed by atoms with Gasteiger partial charge in [-0.05, 0) is 37.1 Å². The summed E-state index contributed by atoms with van der Waals surface area (Å²) in [6.45, 7) is 1.44. The van der Waals surface area contributed by atoms with Crippen LogP contribution in [-0.2, 0) is 10.2 Å². The van der Waals surface area contributed by atoms with Crippen molar-refractivity contribution in [1.29, 1.82) is 0 Å². The number of nitro groups is 1. The molecule has 0 unspecified atom stereocenters. The number of non-ortho nitro benzene ring substituents is 1. The summed E-state index contributed by atoms with van der Waals surface area (Å²) < 4.78 is 16.2. The van der Waals surface area contributed by atoms with E-state index in [0.29, 0.717) is 49.7 Å². The van der Waals surface area contributed by atoms with Gasteiger partial charge >= 0.3 is 0 Å². The van der Waals surface area contributed by atoms with E-state index in [2.05, 4.69) is 5.32 Å². The monoisotopic (exact) mass is 400 g/mol. The lowest BCUT2D eigenvalue weighted by atomic mass is 9.73. The Bertz CT molecular complexity index is 892. The van der Waals surface area contributed by atoms with E-state index in [1.165, 1.54) is 19.2 Å². The summed E-state index contributed by atoms with van der Waals surface area (Å²) >= 11 is 0. The summed E-state index contributed by atoms with van der Waals surface area (Å²) in [6.07, 6.45) is 1.33. The molecule has 1 heterocycles. The molecule has 3 rings (SSSR count). The van der Waals surface area contributed by atoms with Gasteiger partial charge < -0.3 is 19.5 Å². The topological polar surface area (TPSA) is 99.9 Å². The third-order valence-electron chi connectivity index (χ3n) is 5.34. The first-order valence-corrected chi connectivity index (χ1v) is 9.32. The van der Waals surface area contributed by atoms with Crippen LogP contribution in [0.3, 0.4) is 0 Å². The number of hydrogen-bond donors (Lipinski definition) is 1. The van der Waals surface area contributed by atoms with E-state index in [0.717, 1.165) is 5.56 Å². The van der Waals surface area contributed by atoms with E-state index in [9.17, 15) is 14.9 Å². The van der Waals surface area contributed by atoms with Crippen LogP contribution in [0.2, 0.25) is 0 Å². The lowest BCUT2D eigenvalue weighted by Gasteiger charge is -2.38. The number of carbonyl (C=O) groups excluding carboxylic acids is 1. The van der Waals surface area contributed by atoms with E-state index < -0.39 is 10.3 Å². The van der Waals surface area contributed by atoms with Gasteiger partial charge in [0, 0.05) is 42.4 Å². The molecule has 2 aromatic carbocycles. The van der Waals surface area contributed by atoms with Gasteiger partial charge in [-0.25, -0.2) is 0 Å². The molecule has 1 fully saturated rings. The lowest BCUT2D eigenvalue weighted by molar-refractivity contribution is -0.385. The van der Waals surface area contributed by atoms with Gasteiger partial charge in [-0.1, -0.05) is 6.07 Å². The van der Waals surface area contributed by atoms with Crippen LogP contribution in [0.25, 0.3) is 0 Å². The van der Waals surface area contributed by atoms with Crippen LogP contribution in [0.4, 0.5) is 5.69 Å². The summed E-state index contributed by atoms with van der Waals surface area (Å²) in [7, 11) is 3.04. The lowest BCUT2D eigenvalue weighted by Crippen LogP contribution is -2.44. The van der Waals surface area contributed by atoms with Crippen LogP contribution in [0.5, 0.6) is 11.5 Å². The minimum atomic E-state index is -0.451. The number of nitrogens with zero attached hydrogens (tertiary/aromatic N) is 1. The van der Waals surface area contributed by atoms with Gasteiger partial charge in [-0.15, -0.1) is 0 Å². The average molecular weight is 400 g/mol. The van der Waals surface area contributed by atoms with Crippen molar-refractivity contribution in [1.82, 2.24) is 5.32 Å². The number of rotatable bonds is 7. The highest BCUT2D eigenvalue weighted by Gasteiger charge is 2.38. The number of carbonyl (C=O) groups is 1. The Morgan fingerprint density at radius 2 is 1.93 bits per heavy atom. The number of amides is 1. The second kappa shape index (κ2) is 8.91. The zero-order chi connectivity index (χ0) is 20.9. The molecule has 154 valence electrons. The number of nitro benzene ring substituents is 1. The van der Waals surface area contributed by atoms with Crippen molar-refractivity contribution in [3.8, 4) is 11.5 Å². The van der Waals surface area contributed by atoms with Crippen LogP contribution in [0.1, 0.15) is 28.8 Å². The Hall–Kier alpha value is -3.13. The van der Waals surface area contributed by atoms with E-state index in [-0.39, 0.29) is 11.6 Å². The van der Waals surface area contributed by atoms with Crippen molar-refractivity contribution in [2.75, 3.05) is 34.0 Å². The quantitative estimate of drug-likeness (QED) is 0.566. The predicted molar refractivity (Wildman–Crippen MR) is 107 cm³/mol. The zero-order valence-electron chi connectivity index (χ0n) is 16.5. The molecule has 8 nitrogen and oxygen atoms in total. The number of benzene rings is 2. The van der Waals surface area contributed by atoms with Crippen LogP contribution in [0.15, 0.2) is 42.5 Å². The first-order chi connectivity index (χ1) is 14.0. The number of methoxy groups -OCH3 is 2. The molecule has 1 amide bonds. The molecule has 0 aromatic heterocycles. The molecule has 0 aliphatic carbocycles. The molecule has 2 aromatic rings. The molecule has 1 N–H and O–H groups in total. The van der Waals surface area contributed by atoms with E-state index >= 15 is 0 Å². The van der Waals surface area contributed by atoms with Crippen molar-refractivity contribution in [3.05, 3.63) is 63.7 Å². The molecule has 0 bridgehead atoms. The Kier molecular flexibility index (Phi) is 6.33. The van der Waals surface area contributed by atoms with Crippen LogP contribution < -0.4 is 14.8 Å². The zero-order valence-corrected chi connectivity index (χ0v) is 16.5. The van der Waals surface area contributed by atoms with Crippen molar-refractivity contribution in [3.63, 3.8) is 0 Å². The molecule has 1 saturated heterocycles. The molecule has 0 atom stereocenters. The summed E-state index contributed by atoms with van der Waals surface area (Å²) in [5, 5.41) is 14.1. The third kappa shape index (κ3) is 4.48. The Labute approximate surface area is 168 Å². The maximum atomic E-state index is 12.7. The van der Waals surface area contributed by atoms with E-state index in [1.807, 2.05) is 0 Å². The number of ether oxygens (including phenoxy) is 3. The molecule has 0 spiro atoms. The molecule has 0 saturated carbocycles. The molecular weight excluding hydrogens is 376 g/mol. The fourth-order valence-electron chi connectivity index (χ4n) is 3.65. The highest BCUT2D eigenvalue weighted by atomic mass is 16.6. The van der Waals surface area contributed by atoms with Crippen LogP contribution in [-0.4, -0.2) is 44.8 Å². The Morgan fingerprint density at radius 3 is 2.59 bits per heavy atom. The maximum Gasteiger partial charge on any atom is 0.273 e. The Balaban J connectivity index is 1.87. The average Bonchev–Trinajstić information content (AvgIpc) is 2.77. The first kappa shape index (κ1) is 20.6.